The van der Waals surface area contributed by atoms with Crippen LogP contribution in [0.25, 0.3) is 0 Å². The lowest BCUT2D eigenvalue weighted by Crippen LogP contribution is -2.63. The number of hydrogen-bond donors (Lipinski definition) is 1. The molecule has 1 saturated heterocycles. The smallest absolute Gasteiger partial charge is 0.193 e. The maximum Gasteiger partial charge on any atom is 0.193 e. The first kappa shape index (κ1) is 12.5. The van der Waals surface area contributed by atoms with E-state index in [4.69, 9.17) is 14.6 Å². The van der Waals surface area contributed by atoms with E-state index in [1.807, 2.05) is 24.3 Å². The van der Waals surface area contributed by atoms with E-state index in [-0.39, 0.29) is 6.61 Å². The van der Waals surface area contributed by atoms with Crippen molar-refractivity contribution in [2.75, 3.05) is 27.3 Å². The summed E-state index contributed by atoms with van der Waals surface area (Å²) in [4.78, 5) is 2.26. The molecular formula is C13H19NO3. The van der Waals surface area contributed by atoms with Crippen molar-refractivity contribution in [3.8, 4) is 0 Å². The molecule has 0 spiro atoms. The highest BCUT2D eigenvalue weighted by atomic mass is 16.7. The van der Waals surface area contributed by atoms with Crippen LogP contribution in [0.15, 0.2) is 24.3 Å². The van der Waals surface area contributed by atoms with Gasteiger partial charge in [-0.05, 0) is 11.1 Å². The Hall–Kier alpha value is -0.940. The van der Waals surface area contributed by atoms with Gasteiger partial charge in [0.25, 0.3) is 0 Å². The first-order valence-corrected chi connectivity index (χ1v) is 5.73. The summed E-state index contributed by atoms with van der Waals surface area (Å²) in [6.07, 6.45) is 0. The summed E-state index contributed by atoms with van der Waals surface area (Å²) in [7, 11) is 3.35. The Morgan fingerprint density at radius 3 is 2.12 bits per heavy atom. The monoisotopic (exact) mass is 237 g/mol. The summed E-state index contributed by atoms with van der Waals surface area (Å²) < 4.78 is 10.7. The average molecular weight is 237 g/mol. The summed E-state index contributed by atoms with van der Waals surface area (Å²) in [5.41, 5.74) is 2.18. The van der Waals surface area contributed by atoms with Gasteiger partial charge < -0.3 is 14.6 Å². The molecule has 0 aliphatic carbocycles. The van der Waals surface area contributed by atoms with Gasteiger partial charge in [0.05, 0.1) is 19.7 Å². The van der Waals surface area contributed by atoms with E-state index >= 15 is 0 Å². The molecule has 1 N–H and O–H groups in total. The van der Waals surface area contributed by atoms with Crippen LogP contribution < -0.4 is 0 Å². The molecule has 17 heavy (non-hydrogen) atoms. The number of methoxy groups -OCH3 is 2. The normalized spacial score (nSPS) is 19.0. The third-order valence-electron chi connectivity index (χ3n) is 3.28. The van der Waals surface area contributed by atoms with Gasteiger partial charge in [-0.2, -0.15) is 0 Å². The molecule has 1 aliphatic rings. The van der Waals surface area contributed by atoms with Crippen molar-refractivity contribution in [1.29, 1.82) is 0 Å². The molecule has 1 heterocycles. The Kier molecular flexibility index (Phi) is 3.79. The van der Waals surface area contributed by atoms with E-state index in [9.17, 15) is 0 Å². The summed E-state index contributed by atoms with van der Waals surface area (Å²) in [6, 6.07) is 8.00. The Bertz CT molecular complexity index is 351. The second-order valence-electron chi connectivity index (χ2n) is 4.44. The fourth-order valence-corrected chi connectivity index (χ4v) is 2.10. The van der Waals surface area contributed by atoms with Crippen LogP contribution >= 0.6 is 0 Å². The molecule has 0 radical (unpaired) electrons. The van der Waals surface area contributed by atoms with E-state index in [0.29, 0.717) is 0 Å². The Morgan fingerprint density at radius 1 is 1.12 bits per heavy atom. The van der Waals surface area contributed by atoms with Gasteiger partial charge in [0.2, 0.25) is 0 Å². The number of benzene rings is 1. The number of hydrogen-bond acceptors (Lipinski definition) is 4. The summed E-state index contributed by atoms with van der Waals surface area (Å²) in [5.74, 6) is -0.412. The van der Waals surface area contributed by atoms with Crippen molar-refractivity contribution >= 4 is 0 Å². The van der Waals surface area contributed by atoms with E-state index in [1.165, 1.54) is 5.56 Å². The summed E-state index contributed by atoms with van der Waals surface area (Å²) >= 11 is 0. The quantitative estimate of drug-likeness (QED) is 0.775. The molecule has 0 bridgehead atoms. The second kappa shape index (κ2) is 5.14. The van der Waals surface area contributed by atoms with Crippen molar-refractivity contribution in [2.45, 2.75) is 18.9 Å². The van der Waals surface area contributed by atoms with E-state index < -0.39 is 5.79 Å². The topological polar surface area (TPSA) is 41.9 Å². The van der Waals surface area contributed by atoms with E-state index in [0.717, 1.165) is 25.2 Å². The third-order valence-corrected chi connectivity index (χ3v) is 3.28. The molecule has 0 aromatic heterocycles. The zero-order chi connectivity index (χ0) is 12.3. The van der Waals surface area contributed by atoms with E-state index in [2.05, 4.69) is 4.90 Å². The number of likely N-dealkylation sites (tertiary alicyclic amines) is 1. The molecule has 1 fully saturated rings. The van der Waals surface area contributed by atoms with Crippen molar-refractivity contribution in [3.63, 3.8) is 0 Å². The molecule has 4 nitrogen and oxygen atoms in total. The van der Waals surface area contributed by atoms with Gasteiger partial charge in [-0.25, -0.2) is 0 Å². The van der Waals surface area contributed by atoms with Crippen molar-refractivity contribution in [3.05, 3.63) is 35.4 Å². The lowest BCUT2D eigenvalue weighted by Gasteiger charge is -2.47. The maximum atomic E-state index is 8.96. The molecule has 1 aromatic rings. The lowest BCUT2D eigenvalue weighted by molar-refractivity contribution is -0.277. The zero-order valence-electron chi connectivity index (χ0n) is 10.3. The highest BCUT2D eigenvalue weighted by Gasteiger charge is 2.43. The van der Waals surface area contributed by atoms with Gasteiger partial charge >= 0.3 is 0 Å². The zero-order valence-corrected chi connectivity index (χ0v) is 10.3. The van der Waals surface area contributed by atoms with Crippen LogP contribution in [-0.2, 0) is 22.6 Å². The average Bonchev–Trinajstić information content (AvgIpc) is 2.34. The minimum absolute atomic E-state index is 0.0977. The first-order valence-electron chi connectivity index (χ1n) is 5.73. The van der Waals surface area contributed by atoms with Gasteiger partial charge in [-0.15, -0.1) is 0 Å². The number of aliphatic hydroxyl groups excluding tert-OH is 1. The Morgan fingerprint density at radius 2 is 1.65 bits per heavy atom. The fourth-order valence-electron chi connectivity index (χ4n) is 2.10. The minimum Gasteiger partial charge on any atom is -0.392 e. The Balaban J connectivity index is 1.87. The number of ether oxygens (including phenoxy) is 2. The molecule has 0 atom stereocenters. The molecule has 0 amide bonds. The van der Waals surface area contributed by atoms with Crippen molar-refractivity contribution < 1.29 is 14.6 Å². The van der Waals surface area contributed by atoms with Gasteiger partial charge in [0.15, 0.2) is 5.79 Å². The maximum absolute atomic E-state index is 8.96. The largest absolute Gasteiger partial charge is 0.392 e. The summed E-state index contributed by atoms with van der Waals surface area (Å²) in [6.45, 7) is 2.57. The highest BCUT2D eigenvalue weighted by molar-refractivity contribution is 5.22. The Labute approximate surface area is 102 Å². The van der Waals surface area contributed by atoms with Crippen LogP contribution in [0, 0.1) is 0 Å². The molecule has 4 heteroatoms. The molecular weight excluding hydrogens is 218 g/mol. The predicted molar refractivity (Wildman–Crippen MR) is 64.4 cm³/mol. The fraction of sp³-hybridized carbons (Fsp3) is 0.538. The van der Waals surface area contributed by atoms with Gasteiger partial charge in [0, 0.05) is 20.8 Å². The van der Waals surface area contributed by atoms with Crippen LogP contribution in [0.4, 0.5) is 0 Å². The predicted octanol–water partition coefficient (Wildman–Crippen LogP) is 0.984. The van der Waals surface area contributed by atoms with Crippen LogP contribution in [0.2, 0.25) is 0 Å². The number of rotatable bonds is 5. The standard InChI is InChI=1S/C13H19NO3/c1-16-13(17-2)9-14(10-13)7-11-3-5-12(8-15)6-4-11/h3-6,15H,7-10H2,1-2H3. The lowest BCUT2D eigenvalue weighted by atomic mass is 10.1. The molecule has 2 rings (SSSR count). The van der Waals surface area contributed by atoms with Crippen LogP contribution in [0.1, 0.15) is 11.1 Å². The molecule has 1 aliphatic heterocycles. The molecule has 1 aromatic carbocycles. The third kappa shape index (κ3) is 2.66. The second-order valence-corrected chi connectivity index (χ2v) is 4.44. The van der Waals surface area contributed by atoms with Crippen molar-refractivity contribution in [1.82, 2.24) is 4.90 Å². The van der Waals surface area contributed by atoms with Gasteiger partial charge in [-0.3, -0.25) is 4.90 Å². The van der Waals surface area contributed by atoms with Crippen LogP contribution in [-0.4, -0.2) is 43.1 Å². The first-order chi connectivity index (χ1) is 8.21. The number of aliphatic hydroxyl groups is 1. The molecule has 0 unspecified atom stereocenters. The SMILES string of the molecule is COC1(OC)CN(Cc2ccc(CO)cc2)C1. The molecule has 0 saturated carbocycles. The van der Waals surface area contributed by atoms with Gasteiger partial charge in [0.1, 0.15) is 0 Å². The van der Waals surface area contributed by atoms with Gasteiger partial charge in [-0.1, -0.05) is 24.3 Å². The van der Waals surface area contributed by atoms with E-state index in [1.54, 1.807) is 14.2 Å². The summed E-state index contributed by atoms with van der Waals surface area (Å²) in [5, 5.41) is 8.96. The number of nitrogens with zero attached hydrogens (tertiary/aromatic N) is 1. The minimum atomic E-state index is -0.412. The van der Waals surface area contributed by atoms with Crippen molar-refractivity contribution in [2.24, 2.45) is 0 Å². The molecule has 94 valence electrons. The highest BCUT2D eigenvalue weighted by Crippen LogP contribution is 2.26. The van der Waals surface area contributed by atoms with Crippen LogP contribution in [0.5, 0.6) is 0 Å². The van der Waals surface area contributed by atoms with Crippen LogP contribution in [0.3, 0.4) is 0 Å².